The van der Waals surface area contributed by atoms with Gasteiger partial charge in [0.2, 0.25) is 5.91 Å². The Morgan fingerprint density at radius 3 is 1.00 bits per heavy atom. The Hall–Kier alpha value is -1.02. The Morgan fingerprint density at radius 1 is 0.429 bits per heavy atom. The first-order valence-electron chi connectivity index (χ1n) is 34.2. The fraction of sp³-hybridized carbons (Fsp3) is 0.926. The lowest BCUT2D eigenvalue weighted by molar-refractivity contribution is -0.870. The minimum absolute atomic E-state index is 0.0645. The predicted octanol–water partition coefficient (Wildman–Crippen LogP) is 21.5. The van der Waals surface area contributed by atoms with Gasteiger partial charge in [-0.1, -0.05) is 327 Å². The number of likely N-dealkylation sites (N-methyl/N-ethyl adjacent to an activating group) is 1. The summed E-state index contributed by atoms with van der Waals surface area (Å²) in [6.07, 6.45) is 77.7. The SMILES string of the molecule is CCCCCCCCCC/C=C\CCCCCCCCCCCCCCCCCCCCCCCCCCCCCCCC(=O)NC(COP(=O)(O)OCC[N+](C)(C)C)C(O)/C=C/CCCCCCCCCCCCCC. The van der Waals surface area contributed by atoms with Crippen LogP contribution in [-0.4, -0.2) is 73.4 Å². The van der Waals surface area contributed by atoms with Crippen molar-refractivity contribution in [3.63, 3.8) is 0 Å². The molecule has 3 atom stereocenters. The molecule has 0 aromatic carbocycles. The maximum absolute atomic E-state index is 13.0. The molecule has 0 aromatic heterocycles. The molecule has 0 radical (unpaired) electrons. The third-order valence-corrected chi connectivity index (χ3v) is 16.9. The average molecular weight is 1110 g/mol. The molecule has 0 rings (SSSR count). The van der Waals surface area contributed by atoms with Gasteiger partial charge in [0.25, 0.3) is 0 Å². The molecule has 77 heavy (non-hydrogen) atoms. The third-order valence-electron chi connectivity index (χ3n) is 15.9. The Morgan fingerprint density at radius 2 is 0.701 bits per heavy atom. The smallest absolute Gasteiger partial charge is 0.387 e. The van der Waals surface area contributed by atoms with E-state index in [1.165, 1.54) is 295 Å². The Balaban J connectivity index is 3.82. The molecule has 3 unspecified atom stereocenters. The number of amides is 1. The van der Waals surface area contributed by atoms with Crippen molar-refractivity contribution in [1.82, 2.24) is 5.32 Å². The molecule has 0 fully saturated rings. The molecule has 458 valence electrons. The molecule has 0 aliphatic heterocycles. The second-order valence-electron chi connectivity index (χ2n) is 24.9. The van der Waals surface area contributed by atoms with Crippen molar-refractivity contribution >= 4 is 13.7 Å². The van der Waals surface area contributed by atoms with Crippen LogP contribution in [0.4, 0.5) is 0 Å². The summed E-state index contributed by atoms with van der Waals surface area (Å²) in [5.41, 5.74) is 0. The fourth-order valence-electron chi connectivity index (χ4n) is 10.6. The summed E-state index contributed by atoms with van der Waals surface area (Å²) in [6, 6.07) is -0.843. The second-order valence-corrected chi connectivity index (χ2v) is 26.4. The number of aliphatic hydroxyl groups excluding tert-OH is 1. The molecule has 8 nitrogen and oxygen atoms in total. The Bertz CT molecular complexity index is 1300. The van der Waals surface area contributed by atoms with Crippen molar-refractivity contribution in [2.24, 2.45) is 0 Å². The molecule has 0 aromatic rings. The lowest BCUT2D eigenvalue weighted by atomic mass is 10.0. The van der Waals surface area contributed by atoms with E-state index in [1.807, 2.05) is 27.2 Å². The molecule has 0 aliphatic carbocycles. The summed E-state index contributed by atoms with van der Waals surface area (Å²) < 4.78 is 23.7. The average Bonchev–Trinajstić information content (AvgIpc) is 3.39. The highest BCUT2D eigenvalue weighted by Crippen LogP contribution is 2.43. The summed E-state index contributed by atoms with van der Waals surface area (Å²) >= 11 is 0. The zero-order valence-corrected chi connectivity index (χ0v) is 53.4. The van der Waals surface area contributed by atoms with Gasteiger partial charge in [0.15, 0.2) is 0 Å². The molecule has 9 heteroatoms. The van der Waals surface area contributed by atoms with Crippen LogP contribution in [0, 0.1) is 0 Å². The van der Waals surface area contributed by atoms with E-state index in [9.17, 15) is 19.4 Å². The minimum Gasteiger partial charge on any atom is -0.387 e. The van der Waals surface area contributed by atoms with E-state index in [0.29, 0.717) is 17.4 Å². The van der Waals surface area contributed by atoms with Crippen molar-refractivity contribution in [1.29, 1.82) is 0 Å². The lowest BCUT2D eigenvalue weighted by Crippen LogP contribution is -2.45. The van der Waals surface area contributed by atoms with Crippen molar-refractivity contribution in [3.8, 4) is 0 Å². The summed E-state index contributed by atoms with van der Waals surface area (Å²) in [6.45, 7) is 4.86. The van der Waals surface area contributed by atoms with Crippen molar-refractivity contribution in [2.45, 2.75) is 366 Å². The van der Waals surface area contributed by atoms with Gasteiger partial charge >= 0.3 is 7.82 Å². The van der Waals surface area contributed by atoms with Crippen molar-refractivity contribution < 1.29 is 32.9 Å². The first kappa shape index (κ1) is 76.0. The normalized spacial score (nSPS) is 13.8. The molecule has 0 heterocycles. The van der Waals surface area contributed by atoms with Crippen LogP contribution in [0.15, 0.2) is 24.3 Å². The predicted molar refractivity (Wildman–Crippen MR) is 337 cm³/mol. The van der Waals surface area contributed by atoms with Crippen LogP contribution in [0.25, 0.3) is 0 Å². The number of hydrogen-bond acceptors (Lipinski definition) is 5. The maximum Gasteiger partial charge on any atom is 0.472 e. The number of phosphoric ester groups is 1. The summed E-state index contributed by atoms with van der Waals surface area (Å²) in [5.74, 6) is -0.170. The number of unbranched alkanes of at least 4 members (excludes halogenated alkanes) is 49. The number of carbonyl (C=O) groups is 1. The summed E-state index contributed by atoms with van der Waals surface area (Å²) in [7, 11) is 1.59. The number of carbonyl (C=O) groups excluding carboxylic acids is 1. The minimum atomic E-state index is -4.34. The number of nitrogens with one attached hydrogen (secondary N) is 1. The molecular weight excluding hydrogens is 972 g/mol. The van der Waals surface area contributed by atoms with Gasteiger partial charge in [-0.25, -0.2) is 4.57 Å². The lowest BCUT2D eigenvalue weighted by Gasteiger charge is -2.25. The number of nitrogens with zero attached hydrogens (tertiary/aromatic N) is 1. The molecule has 3 N–H and O–H groups in total. The highest BCUT2D eigenvalue weighted by molar-refractivity contribution is 7.47. The zero-order chi connectivity index (χ0) is 56.3. The van der Waals surface area contributed by atoms with Gasteiger partial charge in [-0.2, -0.15) is 0 Å². The number of aliphatic hydroxyl groups is 1. The molecule has 0 bridgehead atoms. The first-order valence-corrected chi connectivity index (χ1v) is 35.7. The van der Waals surface area contributed by atoms with Crippen LogP contribution < -0.4 is 5.32 Å². The largest absolute Gasteiger partial charge is 0.472 e. The van der Waals surface area contributed by atoms with E-state index in [4.69, 9.17) is 9.05 Å². The van der Waals surface area contributed by atoms with Gasteiger partial charge in [0, 0.05) is 6.42 Å². The summed E-state index contributed by atoms with van der Waals surface area (Å²) in [5, 5.41) is 13.9. The standard InChI is InChI=1S/C68H135N2O6P/c1-6-8-10-12-14-16-18-20-22-23-24-25-26-27-28-29-30-31-32-33-34-35-36-37-38-39-40-41-42-43-44-45-46-47-48-50-52-54-56-58-60-62-68(72)69-66(65-76-77(73,74)75-64-63-70(3,4)5)67(71)61-59-57-55-53-51-49-21-19-17-15-13-11-9-7-2/h23-24,59,61,66-67,71H,6-22,25-58,60,62-65H2,1-5H3,(H-,69,72,73,74)/p+1/b24-23-,61-59+. The van der Waals surface area contributed by atoms with Gasteiger partial charge in [0.1, 0.15) is 13.2 Å². The molecule has 1 amide bonds. The number of hydrogen-bond donors (Lipinski definition) is 3. The Kier molecular flexibility index (Phi) is 58.8. The molecule has 0 saturated heterocycles. The van der Waals surface area contributed by atoms with Crippen LogP contribution in [-0.2, 0) is 18.4 Å². The van der Waals surface area contributed by atoms with Gasteiger partial charge in [-0.05, 0) is 44.9 Å². The van der Waals surface area contributed by atoms with Gasteiger partial charge in [-0.15, -0.1) is 0 Å². The highest BCUT2D eigenvalue weighted by Gasteiger charge is 2.28. The van der Waals surface area contributed by atoms with Gasteiger partial charge in [0.05, 0.1) is 39.9 Å². The van der Waals surface area contributed by atoms with Crippen LogP contribution in [0.5, 0.6) is 0 Å². The van der Waals surface area contributed by atoms with E-state index in [1.54, 1.807) is 6.08 Å². The number of phosphoric acid groups is 1. The molecule has 0 spiro atoms. The molecular formula is C68H136N2O6P+. The number of allylic oxidation sites excluding steroid dienone is 3. The van der Waals surface area contributed by atoms with Gasteiger partial charge in [-0.3, -0.25) is 13.8 Å². The van der Waals surface area contributed by atoms with Gasteiger partial charge < -0.3 is 19.8 Å². The topological polar surface area (TPSA) is 105 Å². The van der Waals surface area contributed by atoms with Crippen molar-refractivity contribution in [2.75, 3.05) is 40.9 Å². The highest BCUT2D eigenvalue weighted by atomic mass is 31.2. The van der Waals surface area contributed by atoms with E-state index in [-0.39, 0.29) is 19.1 Å². The van der Waals surface area contributed by atoms with E-state index in [0.717, 1.165) is 38.5 Å². The fourth-order valence-corrected chi connectivity index (χ4v) is 11.3. The molecule has 0 saturated carbocycles. The van der Waals surface area contributed by atoms with E-state index >= 15 is 0 Å². The first-order chi connectivity index (χ1) is 37.5. The van der Waals surface area contributed by atoms with Crippen LogP contribution in [0.3, 0.4) is 0 Å². The second kappa shape index (κ2) is 59.6. The summed E-state index contributed by atoms with van der Waals surface area (Å²) in [4.78, 5) is 23.3. The van der Waals surface area contributed by atoms with Crippen LogP contribution in [0.1, 0.15) is 354 Å². The van der Waals surface area contributed by atoms with E-state index < -0.39 is 20.0 Å². The Labute approximate surface area is 481 Å². The molecule has 0 aliphatic rings. The van der Waals surface area contributed by atoms with Crippen LogP contribution in [0.2, 0.25) is 0 Å². The monoisotopic (exact) mass is 1110 g/mol. The van der Waals surface area contributed by atoms with Crippen LogP contribution >= 0.6 is 7.82 Å². The maximum atomic E-state index is 13.0. The quantitative estimate of drug-likeness (QED) is 0.0243. The van der Waals surface area contributed by atoms with Crippen molar-refractivity contribution in [3.05, 3.63) is 24.3 Å². The zero-order valence-electron chi connectivity index (χ0n) is 52.5. The number of rotatable bonds is 64. The number of quaternary nitrogens is 1. The van der Waals surface area contributed by atoms with E-state index in [2.05, 4.69) is 31.3 Å². The third kappa shape index (κ3) is 62.4.